The van der Waals surface area contributed by atoms with Crippen molar-refractivity contribution in [2.45, 2.75) is 31.6 Å². The van der Waals surface area contributed by atoms with Crippen molar-refractivity contribution < 1.29 is 0 Å². The molecule has 1 heterocycles. The third-order valence-corrected chi connectivity index (χ3v) is 4.24. The fourth-order valence-corrected chi connectivity index (χ4v) is 3.26. The van der Waals surface area contributed by atoms with E-state index in [-0.39, 0.29) is 0 Å². The maximum Gasteiger partial charge on any atom is 0.0921 e. The molecule has 0 aliphatic heterocycles. The van der Waals surface area contributed by atoms with E-state index in [2.05, 4.69) is 77.6 Å². The number of imidazole rings is 1. The summed E-state index contributed by atoms with van der Waals surface area (Å²) in [4.78, 5) is 7.57. The van der Waals surface area contributed by atoms with Gasteiger partial charge in [0.1, 0.15) is 0 Å². The van der Waals surface area contributed by atoms with Gasteiger partial charge in [-0.05, 0) is 17.5 Å². The van der Waals surface area contributed by atoms with Gasteiger partial charge in [0.05, 0.1) is 6.33 Å². The van der Waals surface area contributed by atoms with Crippen molar-refractivity contribution in [3.8, 4) is 0 Å². The zero-order valence-corrected chi connectivity index (χ0v) is 12.9. The van der Waals surface area contributed by atoms with Gasteiger partial charge in [-0.25, -0.2) is 4.98 Å². The molecule has 0 spiro atoms. The molecule has 22 heavy (non-hydrogen) atoms. The molecule has 0 radical (unpaired) electrons. The Bertz CT molecular complexity index is 620. The summed E-state index contributed by atoms with van der Waals surface area (Å²) < 4.78 is 0. The molecule has 2 heteroatoms. The van der Waals surface area contributed by atoms with E-state index >= 15 is 0 Å². The number of aromatic nitrogens is 2. The monoisotopic (exact) mass is 290 g/mol. The van der Waals surface area contributed by atoms with Crippen molar-refractivity contribution in [3.05, 3.63) is 90.0 Å². The Morgan fingerprint density at radius 3 is 1.95 bits per heavy atom. The highest BCUT2D eigenvalue weighted by atomic mass is 14.9. The normalized spacial score (nSPS) is 12.5. The van der Waals surface area contributed by atoms with Crippen LogP contribution in [-0.4, -0.2) is 9.97 Å². The average molecular weight is 290 g/mol. The molecule has 0 bridgehead atoms. The van der Waals surface area contributed by atoms with E-state index in [0.717, 1.165) is 12.8 Å². The Morgan fingerprint density at radius 2 is 1.50 bits per heavy atom. The van der Waals surface area contributed by atoms with Crippen LogP contribution in [0.3, 0.4) is 0 Å². The Balaban J connectivity index is 2.07. The molecule has 0 aliphatic carbocycles. The molecular formula is C20H22N2. The first kappa shape index (κ1) is 14.6. The van der Waals surface area contributed by atoms with Crippen LogP contribution in [0.15, 0.2) is 73.2 Å². The second-order valence-electron chi connectivity index (χ2n) is 5.70. The number of nitrogens with zero attached hydrogens (tertiary/aromatic N) is 1. The highest BCUT2D eigenvalue weighted by Crippen LogP contribution is 2.40. The number of hydrogen-bond acceptors (Lipinski definition) is 1. The van der Waals surface area contributed by atoms with E-state index in [9.17, 15) is 0 Å². The van der Waals surface area contributed by atoms with Crippen molar-refractivity contribution in [2.75, 3.05) is 0 Å². The van der Waals surface area contributed by atoms with Gasteiger partial charge in [0.15, 0.2) is 0 Å². The second-order valence-corrected chi connectivity index (χ2v) is 5.70. The lowest BCUT2D eigenvalue weighted by Gasteiger charge is -2.27. The summed E-state index contributed by atoms with van der Waals surface area (Å²) in [6.07, 6.45) is 6.04. The van der Waals surface area contributed by atoms with Crippen LogP contribution in [0, 0.1) is 0 Å². The SMILES string of the molecule is CCCC(c1cnc[nH]1)C(c1ccccc1)c1ccccc1. The van der Waals surface area contributed by atoms with Gasteiger partial charge in [0.2, 0.25) is 0 Å². The Morgan fingerprint density at radius 1 is 0.909 bits per heavy atom. The van der Waals surface area contributed by atoms with Crippen LogP contribution in [0.1, 0.15) is 48.4 Å². The van der Waals surface area contributed by atoms with Gasteiger partial charge >= 0.3 is 0 Å². The van der Waals surface area contributed by atoms with Crippen molar-refractivity contribution in [3.63, 3.8) is 0 Å². The maximum absolute atomic E-state index is 4.24. The van der Waals surface area contributed by atoms with E-state index in [0.29, 0.717) is 11.8 Å². The van der Waals surface area contributed by atoms with E-state index in [4.69, 9.17) is 0 Å². The Kier molecular flexibility index (Phi) is 4.69. The molecule has 1 atom stereocenters. The van der Waals surface area contributed by atoms with E-state index in [1.54, 1.807) is 6.33 Å². The van der Waals surface area contributed by atoms with Crippen LogP contribution in [0.4, 0.5) is 0 Å². The van der Waals surface area contributed by atoms with Crippen LogP contribution in [0.25, 0.3) is 0 Å². The smallest absolute Gasteiger partial charge is 0.0921 e. The molecule has 2 aromatic carbocycles. The zero-order valence-electron chi connectivity index (χ0n) is 12.9. The van der Waals surface area contributed by atoms with Crippen molar-refractivity contribution in [1.82, 2.24) is 9.97 Å². The molecule has 1 aromatic heterocycles. The zero-order chi connectivity index (χ0) is 15.2. The Labute approximate surface area is 132 Å². The van der Waals surface area contributed by atoms with Crippen LogP contribution < -0.4 is 0 Å². The average Bonchev–Trinajstić information content (AvgIpc) is 3.11. The summed E-state index contributed by atoms with van der Waals surface area (Å²) in [5.74, 6) is 0.764. The Hall–Kier alpha value is -2.35. The molecule has 0 fully saturated rings. The lowest BCUT2D eigenvalue weighted by atomic mass is 9.77. The molecule has 3 aromatic rings. The summed E-state index contributed by atoms with van der Waals surface area (Å²) in [6.45, 7) is 2.25. The number of rotatable bonds is 6. The van der Waals surface area contributed by atoms with E-state index < -0.39 is 0 Å². The van der Waals surface area contributed by atoms with E-state index in [1.165, 1.54) is 16.8 Å². The topological polar surface area (TPSA) is 28.7 Å². The number of hydrogen-bond donors (Lipinski definition) is 1. The molecule has 2 nitrogen and oxygen atoms in total. The fraction of sp³-hybridized carbons (Fsp3) is 0.250. The number of aromatic amines is 1. The second kappa shape index (κ2) is 7.08. The van der Waals surface area contributed by atoms with Crippen LogP contribution in [-0.2, 0) is 0 Å². The van der Waals surface area contributed by atoms with Crippen LogP contribution in [0.5, 0.6) is 0 Å². The van der Waals surface area contributed by atoms with Crippen molar-refractivity contribution in [2.24, 2.45) is 0 Å². The first-order valence-electron chi connectivity index (χ1n) is 7.98. The van der Waals surface area contributed by atoms with Crippen molar-refractivity contribution in [1.29, 1.82) is 0 Å². The third kappa shape index (κ3) is 3.11. The first-order valence-corrected chi connectivity index (χ1v) is 7.98. The van der Waals surface area contributed by atoms with Gasteiger partial charge in [0.25, 0.3) is 0 Å². The minimum absolute atomic E-state index is 0.350. The fourth-order valence-electron chi connectivity index (χ4n) is 3.26. The largest absolute Gasteiger partial charge is 0.348 e. The summed E-state index contributed by atoms with van der Waals surface area (Å²) in [7, 11) is 0. The lowest BCUT2D eigenvalue weighted by molar-refractivity contribution is 0.540. The molecule has 1 unspecified atom stereocenters. The van der Waals surface area contributed by atoms with Crippen LogP contribution >= 0.6 is 0 Å². The van der Waals surface area contributed by atoms with Gasteiger partial charge in [-0.15, -0.1) is 0 Å². The summed E-state index contributed by atoms with van der Waals surface area (Å²) in [6, 6.07) is 21.6. The first-order chi connectivity index (χ1) is 10.9. The lowest BCUT2D eigenvalue weighted by Crippen LogP contribution is -2.13. The van der Waals surface area contributed by atoms with Crippen LogP contribution in [0.2, 0.25) is 0 Å². The quantitative estimate of drug-likeness (QED) is 0.670. The third-order valence-electron chi connectivity index (χ3n) is 4.24. The molecule has 1 N–H and O–H groups in total. The van der Waals surface area contributed by atoms with Gasteiger partial charge in [-0.1, -0.05) is 74.0 Å². The standard InChI is InChI=1S/C20H22N2/c1-2-9-18(19-14-21-15-22-19)20(16-10-5-3-6-11-16)17-12-7-4-8-13-17/h3-8,10-15,18,20H,2,9H2,1H3,(H,21,22). The molecule has 0 amide bonds. The summed E-state index contributed by atoms with van der Waals surface area (Å²) in [5.41, 5.74) is 3.95. The number of benzene rings is 2. The van der Waals surface area contributed by atoms with Gasteiger partial charge in [0, 0.05) is 23.7 Å². The molecule has 0 aliphatic rings. The van der Waals surface area contributed by atoms with Gasteiger partial charge in [-0.3, -0.25) is 0 Å². The minimum Gasteiger partial charge on any atom is -0.348 e. The number of nitrogens with one attached hydrogen (secondary N) is 1. The molecule has 112 valence electrons. The van der Waals surface area contributed by atoms with Gasteiger partial charge in [-0.2, -0.15) is 0 Å². The summed E-state index contributed by atoms with van der Waals surface area (Å²) in [5, 5.41) is 0. The highest BCUT2D eigenvalue weighted by molar-refractivity contribution is 5.36. The molecule has 0 saturated heterocycles. The van der Waals surface area contributed by atoms with E-state index in [1.807, 2.05) is 6.20 Å². The predicted molar refractivity (Wildman–Crippen MR) is 91.0 cm³/mol. The molecule has 3 rings (SSSR count). The van der Waals surface area contributed by atoms with Crippen molar-refractivity contribution >= 4 is 0 Å². The minimum atomic E-state index is 0.350. The maximum atomic E-state index is 4.24. The molecule has 0 saturated carbocycles. The molecular weight excluding hydrogens is 268 g/mol. The highest BCUT2D eigenvalue weighted by Gasteiger charge is 2.26. The predicted octanol–water partition coefficient (Wildman–Crippen LogP) is 5.13. The number of H-pyrrole nitrogens is 1. The summed E-state index contributed by atoms with van der Waals surface area (Å²) >= 11 is 0. The van der Waals surface area contributed by atoms with Gasteiger partial charge < -0.3 is 4.98 Å².